The van der Waals surface area contributed by atoms with Crippen LogP contribution in [0.2, 0.25) is 0 Å². The van der Waals surface area contributed by atoms with E-state index in [1.54, 1.807) is 12.1 Å². The number of furan rings is 1. The van der Waals surface area contributed by atoms with Gasteiger partial charge in [-0.1, -0.05) is 18.0 Å². The minimum absolute atomic E-state index is 0.0441. The molecular formula is C14H17N3O4S. The number of aromatic nitrogens is 2. The fraction of sp³-hybridized carbons (Fsp3) is 0.571. The smallest absolute Gasteiger partial charge is 0.293 e. The summed E-state index contributed by atoms with van der Waals surface area (Å²) in [6.45, 7) is 0.0441. The molecule has 2 atom stereocenters. The third-order valence-electron chi connectivity index (χ3n) is 4.57. The van der Waals surface area contributed by atoms with Crippen LogP contribution < -0.4 is 4.72 Å². The van der Waals surface area contributed by atoms with Crippen molar-refractivity contribution >= 4 is 10.0 Å². The van der Waals surface area contributed by atoms with Gasteiger partial charge >= 0.3 is 0 Å². The van der Waals surface area contributed by atoms with Crippen molar-refractivity contribution < 1.29 is 17.4 Å². The molecule has 0 radical (unpaired) electrons. The molecule has 1 N–H and O–H groups in total. The normalized spacial score (nSPS) is 27.5. The minimum Gasteiger partial charge on any atom is -0.459 e. The zero-order valence-electron chi connectivity index (χ0n) is 11.9. The molecule has 2 saturated carbocycles. The first-order chi connectivity index (χ1) is 10.6. The first kappa shape index (κ1) is 14.0. The molecule has 0 amide bonds. The number of hydrogen-bond donors (Lipinski definition) is 1. The van der Waals surface area contributed by atoms with E-state index in [1.807, 2.05) is 0 Å². The Morgan fingerprint density at radius 2 is 2.05 bits per heavy atom. The molecule has 0 bridgehead atoms. The molecule has 0 aliphatic heterocycles. The maximum atomic E-state index is 12.4. The van der Waals surface area contributed by atoms with Crippen LogP contribution in [0.3, 0.4) is 0 Å². The first-order valence-corrected chi connectivity index (χ1v) is 9.05. The number of fused-ring (bicyclic) bond motifs is 1. The summed E-state index contributed by atoms with van der Waals surface area (Å²) in [6, 6.07) is 3.42. The van der Waals surface area contributed by atoms with E-state index in [-0.39, 0.29) is 17.7 Å². The topological polar surface area (TPSA) is 98.2 Å². The fourth-order valence-electron chi connectivity index (χ4n) is 3.47. The Morgan fingerprint density at radius 1 is 1.27 bits per heavy atom. The van der Waals surface area contributed by atoms with Crippen LogP contribution in [0, 0.1) is 11.8 Å². The number of nitrogens with zero attached hydrogens (tertiary/aromatic N) is 2. The van der Waals surface area contributed by atoms with E-state index in [1.165, 1.54) is 6.26 Å². The van der Waals surface area contributed by atoms with Gasteiger partial charge in [0.25, 0.3) is 5.89 Å². The number of sulfonamides is 1. The van der Waals surface area contributed by atoms with Crippen molar-refractivity contribution in [2.45, 2.75) is 37.5 Å². The van der Waals surface area contributed by atoms with Gasteiger partial charge < -0.3 is 8.94 Å². The second kappa shape index (κ2) is 5.20. The maximum absolute atomic E-state index is 12.4. The standard InChI is InChI=1S/C14H17N3O4S/c18-22(19,13-9-4-1-2-5-10(9)13)15-8-12-16-14(21-17-12)11-6-3-7-20-11/h3,6-7,9-10,13,15H,1-2,4-5,8H2. The van der Waals surface area contributed by atoms with Gasteiger partial charge in [0.2, 0.25) is 10.0 Å². The highest BCUT2D eigenvalue weighted by Gasteiger charge is 2.57. The molecule has 2 unspecified atom stereocenters. The third kappa shape index (κ3) is 2.46. The number of nitrogens with one attached hydrogen (secondary N) is 1. The van der Waals surface area contributed by atoms with E-state index >= 15 is 0 Å². The van der Waals surface area contributed by atoms with Crippen molar-refractivity contribution in [1.82, 2.24) is 14.9 Å². The monoisotopic (exact) mass is 323 g/mol. The summed E-state index contributed by atoms with van der Waals surface area (Å²) >= 11 is 0. The zero-order chi connectivity index (χ0) is 15.2. The fourth-order valence-corrected chi connectivity index (χ4v) is 5.50. The Bertz CT molecular complexity index is 741. The summed E-state index contributed by atoms with van der Waals surface area (Å²) in [6.07, 6.45) is 5.86. The van der Waals surface area contributed by atoms with Crippen molar-refractivity contribution in [3.8, 4) is 11.7 Å². The molecule has 22 heavy (non-hydrogen) atoms. The highest BCUT2D eigenvalue weighted by molar-refractivity contribution is 7.90. The number of rotatable bonds is 5. The zero-order valence-corrected chi connectivity index (χ0v) is 12.8. The summed E-state index contributed by atoms with van der Waals surface area (Å²) in [5.41, 5.74) is 0. The second-order valence-electron chi connectivity index (χ2n) is 5.94. The average Bonchev–Trinajstić information content (AvgIpc) is 2.89. The molecule has 2 fully saturated rings. The van der Waals surface area contributed by atoms with Crippen molar-refractivity contribution in [3.05, 3.63) is 24.2 Å². The molecule has 0 aromatic carbocycles. The Kier molecular flexibility index (Phi) is 3.30. The van der Waals surface area contributed by atoms with E-state index in [0.29, 0.717) is 23.4 Å². The van der Waals surface area contributed by atoms with Crippen LogP contribution in [0.15, 0.2) is 27.3 Å². The summed E-state index contributed by atoms with van der Waals surface area (Å²) in [7, 11) is -3.31. The van der Waals surface area contributed by atoms with Gasteiger partial charge in [-0.25, -0.2) is 13.1 Å². The van der Waals surface area contributed by atoms with Crippen LogP contribution in [0.5, 0.6) is 0 Å². The molecule has 2 heterocycles. The lowest BCUT2D eigenvalue weighted by Gasteiger charge is -2.04. The van der Waals surface area contributed by atoms with Crippen molar-refractivity contribution in [2.24, 2.45) is 11.8 Å². The van der Waals surface area contributed by atoms with E-state index < -0.39 is 10.0 Å². The van der Waals surface area contributed by atoms with Crippen molar-refractivity contribution in [1.29, 1.82) is 0 Å². The number of hydrogen-bond acceptors (Lipinski definition) is 6. The van der Waals surface area contributed by atoms with Crippen LogP contribution in [0.25, 0.3) is 11.7 Å². The van der Waals surface area contributed by atoms with Gasteiger partial charge in [0.05, 0.1) is 18.1 Å². The molecular weight excluding hydrogens is 306 g/mol. The Hall–Kier alpha value is -1.67. The van der Waals surface area contributed by atoms with Crippen LogP contribution in [-0.2, 0) is 16.6 Å². The second-order valence-corrected chi connectivity index (χ2v) is 7.86. The van der Waals surface area contributed by atoms with Gasteiger partial charge in [0, 0.05) is 0 Å². The average molecular weight is 323 g/mol. The van der Waals surface area contributed by atoms with Gasteiger partial charge in [0.15, 0.2) is 11.6 Å². The lowest BCUT2D eigenvalue weighted by Crippen LogP contribution is -2.28. The Morgan fingerprint density at radius 3 is 2.73 bits per heavy atom. The van der Waals surface area contributed by atoms with Gasteiger partial charge in [0.1, 0.15) is 0 Å². The molecule has 4 rings (SSSR count). The summed E-state index contributed by atoms with van der Waals surface area (Å²) in [4.78, 5) is 4.13. The summed E-state index contributed by atoms with van der Waals surface area (Å²) in [5, 5.41) is 3.54. The van der Waals surface area contributed by atoms with E-state index in [2.05, 4.69) is 14.9 Å². The molecule has 7 nitrogen and oxygen atoms in total. The quantitative estimate of drug-likeness (QED) is 0.903. The molecule has 0 spiro atoms. The van der Waals surface area contributed by atoms with Crippen LogP contribution in [0.1, 0.15) is 31.5 Å². The predicted octanol–water partition coefficient (Wildman–Crippen LogP) is 1.94. The molecule has 2 aliphatic carbocycles. The highest BCUT2D eigenvalue weighted by Crippen LogP contribution is 2.53. The lowest BCUT2D eigenvalue weighted by molar-refractivity contribution is 0.408. The van der Waals surface area contributed by atoms with Crippen molar-refractivity contribution in [3.63, 3.8) is 0 Å². The van der Waals surface area contributed by atoms with Gasteiger partial charge in [-0.2, -0.15) is 4.98 Å². The highest BCUT2D eigenvalue weighted by atomic mass is 32.2. The van der Waals surface area contributed by atoms with Crippen LogP contribution in [0.4, 0.5) is 0 Å². The molecule has 2 aromatic heterocycles. The molecule has 8 heteroatoms. The maximum Gasteiger partial charge on any atom is 0.293 e. The molecule has 2 aromatic rings. The summed E-state index contributed by atoms with van der Waals surface area (Å²) in [5.74, 6) is 1.71. The van der Waals surface area contributed by atoms with E-state index in [9.17, 15) is 8.42 Å². The lowest BCUT2D eigenvalue weighted by atomic mass is 10.0. The minimum atomic E-state index is -3.31. The van der Waals surface area contributed by atoms with Crippen LogP contribution in [-0.4, -0.2) is 23.8 Å². The van der Waals surface area contributed by atoms with E-state index in [4.69, 9.17) is 8.94 Å². The Labute approximate surface area is 128 Å². The summed E-state index contributed by atoms with van der Waals surface area (Å²) < 4.78 is 37.5. The molecule has 118 valence electrons. The SMILES string of the molecule is O=S(=O)(NCc1noc(-c2ccco2)n1)C1C2CCCCC21. The van der Waals surface area contributed by atoms with Crippen LogP contribution >= 0.6 is 0 Å². The van der Waals surface area contributed by atoms with E-state index in [0.717, 1.165) is 25.7 Å². The van der Waals surface area contributed by atoms with Crippen molar-refractivity contribution in [2.75, 3.05) is 0 Å². The molecule has 2 aliphatic rings. The largest absolute Gasteiger partial charge is 0.459 e. The third-order valence-corrected chi connectivity index (χ3v) is 6.53. The van der Waals surface area contributed by atoms with Gasteiger partial charge in [-0.15, -0.1) is 0 Å². The molecule has 0 saturated heterocycles. The van der Waals surface area contributed by atoms with Gasteiger partial charge in [-0.3, -0.25) is 0 Å². The predicted molar refractivity (Wildman–Crippen MR) is 77.0 cm³/mol. The Balaban J connectivity index is 1.40. The van der Waals surface area contributed by atoms with Gasteiger partial charge in [-0.05, 0) is 36.8 Å². The first-order valence-electron chi connectivity index (χ1n) is 7.50.